The van der Waals surface area contributed by atoms with Gasteiger partial charge in [0.25, 0.3) is 5.56 Å². The molecule has 18 heavy (non-hydrogen) atoms. The fourth-order valence-corrected chi connectivity index (χ4v) is 2.97. The van der Waals surface area contributed by atoms with Crippen molar-refractivity contribution in [3.8, 4) is 0 Å². The van der Waals surface area contributed by atoms with Crippen LogP contribution in [0.5, 0.6) is 0 Å². The average molecular weight is 286 g/mol. The quantitative estimate of drug-likeness (QED) is 0.778. The lowest BCUT2D eigenvalue weighted by atomic mass is 10.4. The SMILES string of the molecule is COCc1nn2c(=O)cc(CSCCN)nc2s1. The van der Waals surface area contributed by atoms with E-state index >= 15 is 0 Å². The summed E-state index contributed by atoms with van der Waals surface area (Å²) in [5.74, 6) is 1.55. The van der Waals surface area contributed by atoms with Gasteiger partial charge in [0.15, 0.2) is 0 Å². The zero-order valence-corrected chi connectivity index (χ0v) is 11.6. The van der Waals surface area contributed by atoms with Gasteiger partial charge in [0.05, 0.1) is 12.3 Å². The zero-order valence-electron chi connectivity index (χ0n) is 9.96. The molecule has 2 N–H and O–H groups in total. The summed E-state index contributed by atoms with van der Waals surface area (Å²) in [5.41, 5.74) is 6.04. The maximum absolute atomic E-state index is 11.8. The van der Waals surface area contributed by atoms with Gasteiger partial charge < -0.3 is 10.5 Å². The van der Waals surface area contributed by atoms with Crippen molar-refractivity contribution in [1.82, 2.24) is 14.6 Å². The maximum atomic E-state index is 11.8. The number of methoxy groups -OCH3 is 1. The van der Waals surface area contributed by atoms with Crippen molar-refractivity contribution < 1.29 is 4.74 Å². The first-order valence-corrected chi connectivity index (χ1v) is 7.37. The van der Waals surface area contributed by atoms with Crippen molar-refractivity contribution in [3.63, 3.8) is 0 Å². The van der Waals surface area contributed by atoms with Crippen LogP contribution in [0.4, 0.5) is 0 Å². The van der Waals surface area contributed by atoms with Crippen molar-refractivity contribution >= 4 is 28.1 Å². The number of hydrogen-bond acceptors (Lipinski definition) is 7. The van der Waals surface area contributed by atoms with Gasteiger partial charge in [0.2, 0.25) is 4.96 Å². The zero-order chi connectivity index (χ0) is 13.0. The Morgan fingerprint density at radius 2 is 2.44 bits per heavy atom. The standard InChI is InChI=1S/C10H14N4O2S2/c1-16-5-8-13-14-9(15)4-7(6-17-3-2-11)12-10(14)18-8/h4H,2-3,5-6,11H2,1H3. The first-order valence-electron chi connectivity index (χ1n) is 5.40. The van der Waals surface area contributed by atoms with Crippen LogP contribution in [0.15, 0.2) is 10.9 Å². The van der Waals surface area contributed by atoms with Gasteiger partial charge in [-0.1, -0.05) is 11.3 Å². The van der Waals surface area contributed by atoms with E-state index in [-0.39, 0.29) is 5.56 Å². The van der Waals surface area contributed by atoms with E-state index in [9.17, 15) is 4.79 Å². The minimum Gasteiger partial charge on any atom is -0.377 e. The maximum Gasteiger partial charge on any atom is 0.275 e. The molecule has 0 saturated carbocycles. The second-order valence-corrected chi connectivity index (χ2v) is 5.70. The lowest BCUT2D eigenvalue weighted by Gasteiger charge is -1.99. The highest BCUT2D eigenvalue weighted by molar-refractivity contribution is 7.98. The Morgan fingerprint density at radius 3 is 3.17 bits per heavy atom. The minimum absolute atomic E-state index is 0.151. The highest BCUT2D eigenvalue weighted by atomic mass is 32.2. The third kappa shape index (κ3) is 3.08. The molecule has 0 atom stereocenters. The molecule has 0 aliphatic carbocycles. The molecule has 0 bridgehead atoms. The number of ether oxygens (including phenoxy) is 1. The molecule has 0 amide bonds. The smallest absolute Gasteiger partial charge is 0.275 e. The van der Waals surface area contributed by atoms with E-state index in [4.69, 9.17) is 10.5 Å². The predicted octanol–water partition coefficient (Wildman–Crippen LogP) is 0.489. The summed E-state index contributed by atoms with van der Waals surface area (Å²) >= 11 is 3.04. The highest BCUT2D eigenvalue weighted by Crippen LogP contribution is 2.14. The molecular weight excluding hydrogens is 272 g/mol. The topological polar surface area (TPSA) is 82.5 Å². The molecule has 2 aromatic rings. The van der Waals surface area contributed by atoms with Crippen LogP contribution in [0, 0.1) is 0 Å². The highest BCUT2D eigenvalue weighted by Gasteiger charge is 2.08. The normalized spacial score (nSPS) is 11.2. The van der Waals surface area contributed by atoms with E-state index in [0.29, 0.717) is 23.9 Å². The number of thioether (sulfide) groups is 1. The molecule has 2 aromatic heterocycles. The van der Waals surface area contributed by atoms with Gasteiger partial charge in [-0.25, -0.2) is 4.98 Å². The number of nitrogens with zero attached hydrogens (tertiary/aromatic N) is 3. The first kappa shape index (κ1) is 13.5. The number of fused-ring (bicyclic) bond motifs is 1. The van der Waals surface area contributed by atoms with Gasteiger partial charge in [-0.05, 0) is 0 Å². The molecule has 0 fully saturated rings. The van der Waals surface area contributed by atoms with E-state index in [2.05, 4.69) is 10.1 Å². The molecule has 0 saturated heterocycles. The van der Waals surface area contributed by atoms with Crippen LogP contribution in [-0.4, -0.2) is 34.0 Å². The molecule has 8 heteroatoms. The van der Waals surface area contributed by atoms with Gasteiger partial charge in [-0.2, -0.15) is 21.4 Å². The van der Waals surface area contributed by atoms with Crippen LogP contribution in [0.25, 0.3) is 4.96 Å². The van der Waals surface area contributed by atoms with Crippen molar-refractivity contribution in [1.29, 1.82) is 0 Å². The van der Waals surface area contributed by atoms with Crippen molar-refractivity contribution in [2.24, 2.45) is 5.73 Å². The molecule has 0 aliphatic heterocycles. The average Bonchev–Trinajstić information content (AvgIpc) is 2.73. The Hall–Kier alpha value is -0.960. The predicted molar refractivity (Wildman–Crippen MR) is 73.1 cm³/mol. The summed E-state index contributed by atoms with van der Waals surface area (Å²) in [6.45, 7) is 1.02. The summed E-state index contributed by atoms with van der Waals surface area (Å²) in [4.78, 5) is 16.9. The summed E-state index contributed by atoms with van der Waals surface area (Å²) < 4.78 is 6.31. The fourth-order valence-electron chi connectivity index (χ4n) is 1.41. The van der Waals surface area contributed by atoms with E-state index < -0.39 is 0 Å². The van der Waals surface area contributed by atoms with Crippen LogP contribution < -0.4 is 11.3 Å². The number of hydrogen-bond donors (Lipinski definition) is 1. The van der Waals surface area contributed by atoms with Gasteiger partial charge in [-0.15, -0.1) is 0 Å². The molecule has 2 heterocycles. The monoisotopic (exact) mass is 286 g/mol. The van der Waals surface area contributed by atoms with Crippen LogP contribution >= 0.6 is 23.1 Å². The summed E-state index contributed by atoms with van der Waals surface area (Å²) in [6.07, 6.45) is 0. The van der Waals surface area contributed by atoms with E-state index in [0.717, 1.165) is 16.5 Å². The Bertz CT molecular complexity index is 581. The molecule has 0 radical (unpaired) electrons. The Balaban J connectivity index is 2.27. The Kier molecular flexibility index (Phi) is 4.70. The van der Waals surface area contributed by atoms with Crippen LogP contribution in [0.3, 0.4) is 0 Å². The third-order valence-electron chi connectivity index (χ3n) is 2.12. The lowest BCUT2D eigenvalue weighted by Crippen LogP contribution is -2.15. The number of nitrogens with two attached hydrogens (primary N) is 1. The largest absolute Gasteiger partial charge is 0.377 e. The van der Waals surface area contributed by atoms with Crippen LogP contribution in [-0.2, 0) is 17.1 Å². The molecule has 0 spiro atoms. The van der Waals surface area contributed by atoms with Gasteiger partial charge in [0.1, 0.15) is 5.01 Å². The Morgan fingerprint density at radius 1 is 1.61 bits per heavy atom. The molecule has 6 nitrogen and oxygen atoms in total. The minimum atomic E-state index is -0.151. The van der Waals surface area contributed by atoms with Gasteiger partial charge in [0, 0.05) is 31.2 Å². The number of rotatable bonds is 6. The second kappa shape index (κ2) is 6.28. The second-order valence-electron chi connectivity index (χ2n) is 3.55. The van der Waals surface area contributed by atoms with Crippen molar-refractivity contribution in [2.75, 3.05) is 19.4 Å². The molecule has 98 valence electrons. The van der Waals surface area contributed by atoms with Crippen LogP contribution in [0.1, 0.15) is 10.7 Å². The summed E-state index contributed by atoms with van der Waals surface area (Å²) in [7, 11) is 1.59. The molecule has 0 aliphatic rings. The fraction of sp³-hybridized carbons (Fsp3) is 0.500. The van der Waals surface area contributed by atoms with Crippen LogP contribution in [0.2, 0.25) is 0 Å². The first-order chi connectivity index (χ1) is 8.74. The third-order valence-corrected chi connectivity index (χ3v) is 4.03. The van der Waals surface area contributed by atoms with E-state index in [1.54, 1.807) is 18.9 Å². The molecule has 2 rings (SSSR count). The molecule has 0 aromatic carbocycles. The molecule has 0 unspecified atom stereocenters. The van der Waals surface area contributed by atoms with Crippen molar-refractivity contribution in [3.05, 3.63) is 27.1 Å². The molecular formula is C10H14N4O2S2. The lowest BCUT2D eigenvalue weighted by molar-refractivity contribution is 0.183. The van der Waals surface area contributed by atoms with E-state index in [1.165, 1.54) is 21.9 Å². The van der Waals surface area contributed by atoms with E-state index in [1.807, 2.05) is 0 Å². The van der Waals surface area contributed by atoms with Gasteiger partial charge >= 0.3 is 0 Å². The van der Waals surface area contributed by atoms with Gasteiger partial charge in [-0.3, -0.25) is 4.79 Å². The number of aromatic nitrogens is 3. The Labute approximate surface area is 112 Å². The van der Waals surface area contributed by atoms with Crippen molar-refractivity contribution in [2.45, 2.75) is 12.4 Å². The summed E-state index contributed by atoms with van der Waals surface area (Å²) in [6, 6.07) is 1.52. The summed E-state index contributed by atoms with van der Waals surface area (Å²) in [5, 5.41) is 4.89.